The zero-order valence-corrected chi connectivity index (χ0v) is 10.6. The Balaban J connectivity index is 3.61. The van der Waals surface area contributed by atoms with Crippen molar-refractivity contribution in [1.82, 2.24) is 10.3 Å². The Bertz CT molecular complexity index is 125. The maximum absolute atomic E-state index is 5.20. The zero-order chi connectivity index (χ0) is 10.9. The van der Waals surface area contributed by atoms with Crippen LogP contribution in [-0.2, 0) is 13.3 Å². The Morgan fingerprint density at radius 1 is 0.929 bits per heavy atom. The predicted octanol–water partition coefficient (Wildman–Crippen LogP) is -0.0496. The van der Waals surface area contributed by atoms with E-state index in [-0.39, 0.29) is 0 Å². The average Bonchev–Trinajstić information content (AvgIpc) is 2.24. The van der Waals surface area contributed by atoms with Gasteiger partial charge in [-0.15, -0.1) is 0 Å². The van der Waals surface area contributed by atoms with Crippen LogP contribution in [0.25, 0.3) is 0 Å². The van der Waals surface area contributed by atoms with E-state index in [1.165, 1.54) is 0 Å². The minimum atomic E-state index is -2.57. The molecular weight excluding hydrogens is 200 g/mol. The summed E-state index contributed by atoms with van der Waals surface area (Å²) in [6, 6.07) is 0. The molecule has 86 valence electrons. The largest absolute Gasteiger partial charge is 0.596 e. The summed E-state index contributed by atoms with van der Waals surface area (Å²) < 4.78 is 15.6. The molecular formula is C8H22N2O3Si. The third-order valence-electron chi connectivity index (χ3n) is 1.88. The van der Waals surface area contributed by atoms with Crippen LogP contribution < -0.4 is 10.3 Å². The van der Waals surface area contributed by atoms with Gasteiger partial charge in [-0.2, -0.15) is 0 Å². The summed E-state index contributed by atoms with van der Waals surface area (Å²) in [4.78, 5) is 3.15. The van der Waals surface area contributed by atoms with Crippen LogP contribution in [0, 0.1) is 0 Å². The summed E-state index contributed by atoms with van der Waals surface area (Å²) in [5, 5.41) is 3.27. The first-order chi connectivity index (χ1) is 6.74. The van der Waals surface area contributed by atoms with Gasteiger partial charge >= 0.3 is 8.97 Å². The molecule has 0 unspecified atom stereocenters. The van der Waals surface area contributed by atoms with Crippen molar-refractivity contribution in [3.05, 3.63) is 0 Å². The maximum atomic E-state index is 5.20. The normalized spacial score (nSPS) is 12.0. The Morgan fingerprint density at radius 2 is 1.50 bits per heavy atom. The number of hydrogen-bond donors (Lipinski definition) is 2. The molecule has 0 aliphatic rings. The van der Waals surface area contributed by atoms with Gasteiger partial charge in [0.2, 0.25) is 0 Å². The van der Waals surface area contributed by atoms with Crippen LogP contribution in [0.1, 0.15) is 13.3 Å². The van der Waals surface area contributed by atoms with Gasteiger partial charge in [-0.25, -0.2) is 0 Å². The van der Waals surface area contributed by atoms with E-state index in [1.807, 2.05) is 0 Å². The Labute approximate surface area is 87.6 Å². The molecule has 14 heavy (non-hydrogen) atoms. The van der Waals surface area contributed by atoms with Crippen LogP contribution in [0.3, 0.4) is 0 Å². The van der Waals surface area contributed by atoms with E-state index in [4.69, 9.17) is 13.3 Å². The minimum absolute atomic E-state index is 0.780. The lowest BCUT2D eigenvalue weighted by molar-refractivity contribution is 0.110. The van der Waals surface area contributed by atoms with Crippen molar-refractivity contribution in [2.45, 2.75) is 13.3 Å². The van der Waals surface area contributed by atoms with Crippen LogP contribution in [0.15, 0.2) is 0 Å². The molecule has 0 heterocycles. The van der Waals surface area contributed by atoms with E-state index >= 15 is 0 Å². The molecule has 0 rings (SSSR count). The molecule has 0 aromatic rings. The van der Waals surface area contributed by atoms with E-state index in [0.717, 1.165) is 26.1 Å². The van der Waals surface area contributed by atoms with E-state index in [0.29, 0.717) is 0 Å². The molecule has 6 heteroatoms. The summed E-state index contributed by atoms with van der Waals surface area (Å²) in [7, 11) is 2.20. The van der Waals surface area contributed by atoms with Crippen molar-refractivity contribution in [1.29, 1.82) is 0 Å². The van der Waals surface area contributed by atoms with Crippen molar-refractivity contribution in [2.24, 2.45) is 0 Å². The van der Waals surface area contributed by atoms with E-state index < -0.39 is 8.97 Å². The predicted molar refractivity (Wildman–Crippen MR) is 57.9 cm³/mol. The zero-order valence-electron chi connectivity index (χ0n) is 9.55. The Hall–Kier alpha value is 0.0169. The lowest BCUT2D eigenvalue weighted by Gasteiger charge is -2.24. The summed E-state index contributed by atoms with van der Waals surface area (Å²) >= 11 is 0. The van der Waals surface area contributed by atoms with E-state index in [9.17, 15) is 0 Å². The van der Waals surface area contributed by atoms with Crippen LogP contribution >= 0.6 is 0 Å². The molecule has 0 saturated carbocycles. The number of nitrogens with one attached hydrogen (secondary N) is 2. The lowest BCUT2D eigenvalue weighted by Crippen LogP contribution is -2.58. The second-order valence-electron chi connectivity index (χ2n) is 2.85. The number of hydrogen-bond acceptors (Lipinski definition) is 5. The molecule has 0 bridgehead atoms. The van der Waals surface area contributed by atoms with Gasteiger partial charge in [0, 0.05) is 34.4 Å². The summed E-state index contributed by atoms with van der Waals surface area (Å²) in [6.07, 6.45) is 1.14. The fraction of sp³-hybridized carbons (Fsp3) is 1.00. The van der Waals surface area contributed by atoms with E-state index in [2.05, 4.69) is 17.2 Å². The summed E-state index contributed by atoms with van der Waals surface area (Å²) in [6.45, 7) is 4.84. The molecule has 0 amide bonds. The monoisotopic (exact) mass is 222 g/mol. The SMILES string of the molecule is CCCNCCN[Si](OC)(OC)OC. The van der Waals surface area contributed by atoms with Crippen molar-refractivity contribution >= 4 is 8.97 Å². The van der Waals surface area contributed by atoms with Crippen LogP contribution in [-0.4, -0.2) is 49.9 Å². The van der Waals surface area contributed by atoms with Crippen molar-refractivity contribution in [2.75, 3.05) is 41.0 Å². The topological polar surface area (TPSA) is 51.8 Å². The molecule has 0 saturated heterocycles. The first-order valence-electron chi connectivity index (χ1n) is 4.85. The van der Waals surface area contributed by atoms with Gasteiger partial charge in [-0.05, 0) is 13.0 Å². The standard InChI is InChI=1S/C8H22N2O3Si/c1-5-6-9-7-8-10-14(11-2,12-3)13-4/h9-10H,5-8H2,1-4H3. The van der Waals surface area contributed by atoms with Gasteiger partial charge in [0.05, 0.1) is 0 Å². The van der Waals surface area contributed by atoms with Gasteiger partial charge in [-0.3, -0.25) is 4.98 Å². The highest BCUT2D eigenvalue weighted by Crippen LogP contribution is 1.99. The fourth-order valence-corrected chi connectivity index (χ4v) is 2.44. The highest BCUT2D eigenvalue weighted by atomic mass is 28.4. The van der Waals surface area contributed by atoms with Gasteiger partial charge < -0.3 is 18.6 Å². The molecule has 0 aliphatic heterocycles. The smallest absolute Gasteiger partial charge is 0.364 e. The lowest BCUT2D eigenvalue weighted by atomic mass is 10.5. The molecule has 0 fully saturated rings. The molecule has 5 nitrogen and oxygen atoms in total. The Kier molecular flexibility index (Phi) is 8.35. The van der Waals surface area contributed by atoms with Crippen LogP contribution in [0.4, 0.5) is 0 Å². The van der Waals surface area contributed by atoms with Crippen molar-refractivity contribution in [3.8, 4) is 0 Å². The molecule has 0 radical (unpaired) electrons. The first kappa shape index (κ1) is 14.0. The Morgan fingerprint density at radius 3 is 1.93 bits per heavy atom. The quantitative estimate of drug-likeness (QED) is 0.423. The highest BCUT2D eigenvalue weighted by Gasteiger charge is 2.38. The molecule has 0 aromatic carbocycles. The highest BCUT2D eigenvalue weighted by molar-refractivity contribution is 6.57. The average molecular weight is 222 g/mol. The minimum Gasteiger partial charge on any atom is -0.364 e. The van der Waals surface area contributed by atoms with Gasteiger partial charge in [0.25, 0.3) is 0 Å². The van der Waals surface area contributed by atoms with Crippen molar-refractivity contribution in [3.63, 3.8) is 0 Å². The molecule has 2 N–H and O–H groups in total. The second-order valence-corrected chi connectivity index (χ2v) is 5.54. The van der Waals surface area contributed by atoms with Gasteiger partial charge in [-0.1, -0.05) is 6.92 Å². The molecule has 0 aliphatic carbocycles. The van der Waals surface area contributed by atoms with Crippen LogP contribution in [0.2, 0.25) is 0 Å². The molecule has 0 spiro atoms. The summed E-state index contributed by atoms with van der Waals surface area (Å²) in [5.41, 5.74) is 0. The third kappa shape index (κ3) is 5.04. The third-order valence-corrected chi connectivity index (χ3v) is 4.17. The van der Waals surface area contributed by atoms with Gasteiger partial charge in [0.1, 0.15) is 0 Å². The summed E-state index contributed by atoms with van der Waals surface area (Å²) in [5.74, 6) is 0. The molecule has 0 atom stereocenters. The van der Waals surface area contributed by atoms with Gasteiger partial charge in [0.15, 0.2) is 0 Å². The first-order valence-corrected chi connectivity index (χ1v) is 6.58. The number of rotatable bonds is 9. The molecule has 0 aromatic heterocycles. The van der Waals surface area contributed by atoms with Crippen LogP contribution in [0.5, 0.6) is 0 Å². The van der Waals surface area contributed by atoms with E-state index in [1.54, 1.807) is 21.3 Å². The maximum Gasteiger partial charge on any atom is 0.596 e. The van der Waals surface area contributed by atoms with Crippen molar-refractivity contribution < 1.29 is 13.3 Å². The fourth-order valence-electron chi connectivity index (χ4n) is 1.07. The second kappa shape index (κ2) is 8.34.